The molecule has 0 unspecified atom stereocenters. The lowest BCUT2D eigenvalue weighted by atomic mass is 10.2. The van der Waals surface area contributed by atoms with E-state index in [1.54, 1.807) is 6.07 Å². The summed E-state index contributed by atoms with van der Waals surface area (Å²) in [6, 6.07) is 5.43. The lowest BCUT2D eigenvalue weighted by Gasteiger charge is -2.06. The molecule has 1 aromatic rings. The molecule has 0 radical (unpaired) electrons. The van der Waals surface area contributed by atoms with Crippen LogP contribution in [0.2, 0.25) is 5.02 Å². The first kappa shape index (κ1) is 10.4. The zero-order valence-electron chi connectivity index (χ0n) is 7.10. The van der Waals surface area contributed by atoms with Crippen molar-refractivity contribution in [3.63, 3.8) is 0 Å². The van der Waals surface area contributed by atoms with Crippen LogP contribution in [-0.2, 0) is 4.79 Å². The molecule has 0 fully saturated rings. The number of amides is 1. The maximum atomic E-state index is 10.9. The summed E-state index contributed by atoms with van der Waals surface area (Å²) < 4.78 is 0. The van der Waals surface area contributed by atoms with Gasteiger partial charge in [0.05, 0.1) is 10.7 Å². The smallest absolute Gasteiger partial charge is 0.239 e. The summed E-state index contributed by atoms with van der Waals surface area (Å²) in [6.07, 6.45) is 0. The Morgan fingerprint density at radius 3 is 2.85 bits per heavy atom. The number of benzene rings is 1. The van der Waals surface area contributed by atoms with Gasteiger partial charge in [-0.2, -0.15) is 0 Å². The summed E-state index contributed by atoms with van der Waals surface area (Å²) in [4.78, 5) is 10.9. The molecule has 0 saturated carbocycles. The number of alkyl halides is 1. The molecule has 2 nitrogen and oxygen atoms in total. The first-order chi connectivity index (χ1) is 6.15. The highest BCUT2D eigenvalue weighted by molar-refractivity contribution is 6.35. The monoisotopic (exact) mass is 217 g/mol. The van der Waals surface area contributed by atoms with E-state index < -0.39 is 0 Å². The van der Waals surface area contributed by atoms with Crippen LogP contribution >= 0.6 is 23.2 Å². The van der Waals surface area contributed by atoms with Gasteiger partial charge in [0.1, 0.15) is 5.88 Å². The van der Waals surface area contributed by atoms with Crippen LogP contribution in [0.4, 0.5) is 5.69 Å². The van der Waals surface area contributed by atoms with E-state index in [0.717, 1.165) is 5.56 Å². The number of carbonyl (C=O) groups is 1. The summed E-state index contributed by atoms with van der Waals surface area (Å²) in [5.74, 6) is -0.321. The van der Waals surface area contributed by atoms with Crippen LogP contribution in [0.5, 0.6) is 0 Å². The number of aryl methyl sites for hydroxylation is 1. The van der Waals surface area contributed by atoms with Crippen LogP contribution in [0.25, 0.3) is 0 Å². The Balaban J connectivity index is 2.89. The molecule has 1 rings (SSSR count). The van der Waals surface area contributed by atoms with Crippen molar-refractivity contribution in [1.29, 1.82) is 0 Å². The van der Waals surface area contributed by atoms with E-state index >= 15 is 0 Å². The topological polar surface area (TPSA) is 29.1 Å². The van der Waals surface area contributed by atoms with Crippen molar-refractivity contribution in [2.75, 3.05) is 11.2 Å². The molecule has 1 aromatic carbocycles. The molecule has 70 valence electrons. The number of hydrogen-bond donors (Lipinski definition) is 1. The molecule has 0 saturated heterocycles. The van der Waals surface area contributed by atoms with Crippen LogP contribution in [0.1, 0.15) is 5.56 Å². The van der Waals surface area contributed by atoms with Crippen molar-refractivity contribution >= 4 is 34.8 Å². The fourth-order valence-electron chi connectivity index (χ4n) is 0.928. The van der Waals surface area contributed by atoms with E-state index in [1.165, 1.54) is 0 Å². The highest BCUT2D eigenvalue weighted by atomic mass is 35.5. The van der Waals surface area contributed by atoms with Gasteiger partial charge in [0, 0.05) is 0 Å². The van der Waals surface area contributed by atoms with Crippen molar-refractivity contribution in [3.8, 4) is 0 Å². The molecule has 0 aliphatic rings. The molecule has 1 amide bonds. The van der Waals surface area contributed by atoms with E-state index in [2.05, 4.69) is 5.32 Å². The van der Waals surface area contributed by atoms with E-state index in [0.29, 0.717) is 10.7 Å². The van der Waals surface area contributed by atoms with Gasteiger partial charge in [-0.15, -0.1) is 11.6 Å². The SMILES string of the molecule is Cc1cccc(NC(=O)CCl)c1Cl. The third kappa shape index (κ3) is 2.61. The summed E-state index contributed by atoms with van der Waals surface area (Å²) in [7, 11) is 0. The fraction of sp³-hybridized carbons (Fsp3) is 0.222. The van der Waals surface area contributed by atoms with Gasteiger partial charge in [0.15, 0.2) is 0 Å². The van der Waals surface area contributed by atoms with Gasteiger partial charge >= 0.3 is 0 Å². The Morgan fingerprint density at radius 2 is 2.23 bits per heavy atom. The molecule has 0 heterocycles. The first-order valence-corrected chi connectivity index (χ1v) is 4.67. The Kier molecular flexibility index (Phi) is 3.58. The summed E-state index contributed by atoms with van der Waals surface area (Å²) in [5.41, 5.74) is 1.53. The highest BCUT2D eigenvalue weighted by Gasteiger charge is 2.05. The molecule has 0 aliphatic carbocycles. The Morgan fingerprint density at radius 1 is 1.54 bits per heavy atom. The van der Waals surface area contributed by atoms with Gasteiger partial charge in [-0.1, -0.05) is 23.7 Å². The Hall–Kier alpha value is -0.730. The molecule has 0 bridgehead atoms. The van der Waals surface area contributed by atoms with E-state index in [1.807, 2.05) is 19.1 Å². The third-order valence-corrected chi connectivity index (χ3v) is 2.33. The number of halogens is 2. The van der Waals surface area contributed by atoms with Gasteiger partial charge in [0.2, 0.25) is 5.91 Å². The highest BCUT2D eigenvalue weighted by Crippen LogP contribution is 2.24. The van der Waals surface area contributed by atoms with Crippen molar-refractivity contribution in [1.82, 2.24) is 0 Å². The van der Waals surface area contributed by atoms with Crippen molar-refractivity contribution in [2.24, 2.45) is 0 Å². The fourth-order valence-corrected chi connectivity index (χ4v) is 1.17. The van der Waals surface area contributed by atoms with Crippen LogP contribution in [0.15, 0.2) is 18.2 Å². The molecular weight excluding hydrogens is 209 g/mol. The summed E-state index contributed by atoms with van der Waals surface area (Å²) >= 11 is 11.3. The molecule has 0 spiro atoms. The zero-order chi connectivity index (χ0) is 9.84. The number of anilines is 1. The van der Waals surface area contributed by atoms with Crippen LogP contribution in [0, 0.1) is 6.92 Å². The Labute approximate surface area is 86.8 Å². The lowest BCUT2D eigenvalue weighted by Crippen LogP contribution is -2.12. The maximum absolute atomic E-state index is 10.9. The quantitative estimate of drug-likeness (QED) is 0.759. The minimum Gasteiger partial charge on any atom is -0.324 e. The minimum atomic E-state index is -0.255. The standard InChI is InChI=1S/C9H9Cl2NO/c1-6-3-2-4-7(9(6)11)12-8(13)5-10/h2-4H,5H2,1H3,(H,12,13). The van der Waals surface area contributed by atoms with Crippen LogP contribution < -0.4 is 5.32 Å². The predicted molar refractivity (Wildman–Crippen MR) is 55.5 cm³/mol. The molecule has 4 heteroatoms. The predicted octanol–water partition coefficient (Wildman–Crippen LogP) is 2.83. The number of hydrogen-bond acceptors (Lipinski definition) is 1. The molecule has 0 atom stereocenters. The zero-order valence-corrected chi connectivity index (χ0v) is 8.62. The molecule has 0 aromatic heterocycles. The summed E-state index contributed by atoms with van der Waals surface area (Å²) in [5, 5.41) is 3.15. The number of carbonyl (C=O) groups excluding carboxylic acids is 1. The minimum absolute atomic E-state index is 0.0652. The second-order valence-corrected chi connectivity index (χ2v) is 3.26. The van der Waals surface area contributed by atoms with Gasteiger partial charge in [0.25, 0.3) is 0 Å². The van der Waals surface area contributed by atoms with Crippen molar-refractivity contribution < 1.29 is 4.79 Å². The van der Waals surface area contributed by atoms with Crippen LogP contribution in [-0.4, -0.2) is 11.8 Å². The maximum Gasteiger partial charge on any atom is 0.239 e. The second-order valence-electron chi connectivity index (χ2n) is 2.62. The van der Waals surface area contributed by atoms with Crippen molar-refractivity contribution in [3.05, 3.63) is 28.8 Å². The van der Waals surface area contributed by atoms with Gasteiger partial charge < -0.3 is 5.32 Å². The first-order valence-electron chi connectivity index (χ1n) is 3.76. The van der Waals surface area contributed by atoms with E-state index in [4.69, 9.17) is 23.2 Å². The van der Waals surface area contributed by atoms with Gasteiger partial charge in [-0.05, 0) is 18.6 Å². The van der Waals surface area contributed by atoms with E-state index in [-0.39, 0.29) is 11.8 Å². The normalized spacial score (nSPS) is 9.77. The molecule has 0 aliphatic heterocycles. The van der Waals surface area contributed by atoms with Gasteiger partial charge in [-0.25, -0.2) is 0 Å². The van der Waals surface area contributed by atoms with Crippen molar-refractivity contribution in [2.45, 2.75) is 6.92 Å². The lowest BCUT2D eigenvalue weighted by molar-refractivity contribution is -0.113. The van der Waals surface area contributed by atoms with Crippen LogP contribution in [0.3, 0.4) is 0 Å². The molecule has 1 N–H and O–H groups in total. The second kappa shape index (κ2) is 4.49. The van der Waals surface area contributed by atoms with Gasteiger partial charge in [-0.3, -0.25) is 4.79 Å². The number of rotatable bonds is 2. The Bertz CT molecular complexity index is 325. The average molecular weight is 218 g/mol. The summed E-state index contributed by atoms with van der Waals surface area (Å²) in [6.45, 7) is 1.87. The number of nitrogens with one attached hydrogen (secondary N) is 1. The van der Waals surface area contributed by atoms with E-state index in [9.17, 15) is 4.79 Å². The average Bonchev–Trinajstić information content (AvgIpc) is 2.13. The third-order valence-electron chi connectivity index (χ3n) is 1.59. The molecular formula is C9H9Cl2NO. The largest absolute Gasteiger partial charge is 0.324 e. The molecule has 13 heavy (non-hydrogen) atoms.